The predicted octanol–water partition coefficient (Wildman–Crippen LogP) is 6.58. The van der Waals surface area contributed by atoms with Crippen molar-refractivity contribution in [1.82, 2.24) is 10.2 Å². The number of anilines is 1. The van der Waals surface area contributed by atoms with E-state index in [4.69, 9.17) is 23.2 Å². The highest BCUT2D eigenvalue weighted by Gasteiger charge is 2.34. The molecule has 7 nitrogen and oxygen atoms in total. The van der Waals surface area contributed by atoms with Crippen molar-refractivity contribution in [2.75, 3.05) is 10.8 Å². The highest BCUT2D eigenvalue weighted by molar-refractivity contribution is 7.92. The first-order valence-corrected chi connectivity index (χ1v) is 16.2. The Morgan fingerprint density at radius 3 is 2.24 bits per heavy atom. The van der Waals surface area contributed by atoms with E-state index in [0.717, 1.165) is 48.5 Å². The summed E-state index contributed by atoms with van der Waals surface area (Å²) in [7, 11) is -4.23. The lowest BCUT2D eigenvalue weighted by Crippen LogP contribution is -2.54. The van der Waals surface area contributed by atoms with Crippen LogP contribution >= 0.6 is 23.2 Å². The molecule has 224 valence electrons. The van der Waals surface area contributed by atoms with Crippen molar-refractivity contribution >= 4 is 50.7 Å². The molecule has 3 aromatic carbocycles. The van der Waals surface area contributed by atoms with Gasteiger partial charge >= 0.3 is 0 Å². The van der Waals surface area contributed by atoms with Gasteiger partial charge in [-0.2, -0.15) is 0 Å². The van der Waals surface area contributed by atoms with Crippen molar-refractivity contribution in [3.05, 3.63) is 94.2 Å². The molecule has 1 aliphatic rings. The molecule has 42 heavy (non-hydrogen) atoms. The van der Waals surface area contributed by atoms with Gasteiger partial charge in [-0.25, -0.2) is 12.8 Å². The molecule has 0 radical (unpaired) electrons. The van der Waals surface area contributed by atoms with Crippen LogP contribution in [0.2, 0.25) is 10.0 Å². The fourth-order valence-electron chi connectivity index (χ4n) is 5.15. The minimum Gasteiger partial charge on any atom is -0.352 e. The molecule has 0 unspecified atom stereocenters. The van der Waals surface area contributed by atoms with E-state index in [1.165, 1.54) is 29.2 Å². The first-order chi connectivity index (χ1) is 20.1. The van der Waals surface area contributed by atoms with Crippen LogP contribution in [0.1, 0.15) is 51.0 Å². The third-order valence-corrected chi connectivity index (χ3v) is 9.93. The van der Waals surface area contributed by atoms with Gasteiger partial charge in [0.25, 0.3) is 10.0 Å². The van der Waals surface area contributed by atoms with Gasteiger partial charge in [0.1, 0.15) is 18.4 Å². The van der Waals surface area contributed by atoms with E-state index in [0.29, 0.717) is 22.0 Å². The summed E-state index contributed by atoms with van der Waals surface area (Å²) in [5.41, 5.74) is 0.740. The first kappa shape index (κ1) is 31.8. The van der Waals surface area contributed by atoms with Gasteiger partial charge in [-0.05, 0) is 73.4 Å². The van der Waals surface area contributed by atoms with Gasteiger partial charge in [0.05, 0.1) is 20.6 Å². The van der Waals surface area contributed by atoms with Gasteiger partial charge in [-0.15, -0.1) is 0 Å². The third kappa shape index (κ3) is 7.82. The number of carbonyl (C=O) groups is 2. The second-order valence-corrected chi connectivity index (χ2v) is 13.0. The van der Waals surface area contributed by atoms with Crippen molar-refractivity contribution in [1.29, 1.82) is 0 Å². The number of hydrogen-bond donors (Lipinski definition) is 1. The number of carbonyl (C=O) groups excluding carboxylic acids is 2. The lowest BCUT2D eigenvalue weighted by molar-refractivity contribution is -0.140. The van der Waals surface area contributed by atoms with E-state index in [9.17, 15) is 22.4 Å². The van der Waals surface area contributed by atoms with Crippen LogP contribution in [0.5, 0.6) is 0 Å². The van der Waals surface area contributed by atoms with Gasteiger partial charge in [0.15, 0.2) is 0 Å². The molecule has 0 saturated heterocycles. The van der Waals surface area contributed by atoms with Crippen LogP contribution in [0, 0.1) is 5.82 Å². The van der Waals surface area contributed by atoms with Crippen LogP contribution in [0.4, 0.5) is 10.1 Å². The number of nitrogens with zero attached hydrogens (tertiary/aromatic N) is 2. The normalized spacial score (nSPS) is 14.7. The van der Waals surface area contributed by atoms with Crippen molar-refractivity contribution in [2.24, 2.45) is 0 Å². The lowest BCUT2D eigenvalue weighted by atomic mass is 9.95. The molecule has 4 rings (SSSR count). The van der Waals surface area contributed by atoms with Crippen molar-refractivity contribution in [2.45, 2.75) is 69.0 Å². The van der Waals surface area contributed by atoms with Gasteiger partial charge in [-0.3, -0.25) is 13.9 Å². The zero-order valence-corrected chi connectivity index (χ0v) is 25.6. The highest BCUT2D eigenvalue weighted by Crippen LogP contribution is 2.27. The summed E-state index contributed by atoms with van der Waals surface area (Å²) in [6, 6.07) is 16.7. The summed E-state index contributed by atoms with van der Waals surface area (Å²) in [5, 5.41) is 3.74. The molecule has 2 amide bonds. The molecule has 0 bridgehead atoms. The van der Waals surface area contributed by atoms with Gasteiger partial charge < -0.3 is 10.2 Å². The maximum Gasteiger partial charge on any atom is 0.264 e. The molecule has 0 aromatic heterocycles. The SMILES string of the molecule is CC[C@H](C(=O)NC1CCCCC1)N(Cc1ccc(Cl)c(Cl)c1)C(=O)CN(c1ccc(F)cc1)S(=O)(=O)c1ccccc1. The average molecular weight is 635 g/mol. The Morgan fingerprint density at radius 2 is 1.62 bits per heavy atom. The predicted molar refractivity (Wildman–Crippen MR) is 163 cm³/mol. The van der Waals surface area contributed by atoms with Gasteiger partial charge in [-0.1, -0.05) is 73.7 Å². The van der Waals surface area contributed by atoms with Crippen LogP contribution < -0.4 is 9.62 Å². The zero-order chi connectivity index (χ0) is 30.3. The van der Waals surface area contributed by atoms with E-state index in [2.05, 4.69) is 5.32 Å². The minimum atomic E-state index is -4.23. The molecule has 1 atom stereocenters. The first-order valence-electron chi connectivity index (χ1n) is 14.0. The molecular weight excluding hydrogens is 600 g/mol. The second-order valence-electron chi connectivity index (χ2n) is 10.3. The van der Waals surface area contributed by atoms with Gasteiger partial charge in [0.2, 0.25) is 11.8 Å². The number of rotatable bonds is 11. The van der Waals surface area contributed by atoms with E-state index in [1.807, 2.05) is 0 Å². The number of sulfonamides is 1. The number of hydrogen-bond acceptors (Lipinski definition) is 4. The summed E-state index contributed by atoms with van der Waals surface area (Å²) >= 11 is 12.4. The van der Waals surface area contributed by atoms with E-state index in [-0.39, 0.29) is 29.1 Å². The Bertz CT molecular complexity index is 1480. The lowest BCUT2D eigenvalue weighted by Gasteiger charge is -2.34. The standard InChI is InChI=1S/C31H34Cl2FN3O4S/c1-2-29(31(39)35-24-9-5-3-6-10-24)36(20-22-13-18-27(32)28(33)19-22)30(38)21-37(25-16-14-23(34)15-17-25)42(40,41)26-11-7-4-8-12-26/h4,7-8,11-19,24,29H,2-3,5-6,9-10,20-21H2,1H3,(H,35,39)/t29-/m1/s1. The summed E-state index contributed by atoms with van der Waals surface area (Å²) in [5.74, 6) is -1.44. The number of nitrogens with one attached hydrogen (secondary N) is 1. The molecule has 11 heteroatoms. The molecule has 0 spiro atoms. The van der Waals surface area contributed by atoms with Crippen LogP contribution in [0.3, 0.4) is 0 Å². The maximum absolute atomic E-state index is 14.1. The highest BCUT2D eigenvalue weighted by atomic mass is 35.5. The van der Waals surface area contributed by atoms with Crippen molar-refractivity contribution < 1.29 is 22.4 Å². The minimum absolute atomic E-state index is 0.00500. The summed E-state index contributed by atoms with van der Waals surface area (Å²) < 4.78 is 42.3. The topological polar surface area (TPSA) is 86.8 Å². The molecular formula is C31H34Cl2FN3O4S. The Hall–Kier alpha value is -3.14. The third-order valence-electron chi connectivity index (χ3n) is 7.40. The molecule has 1 fully saturated rings. The summed E-state index contributed by atoms with van der Waals surface area (Å²) in [4.78, 5) is 29.1. The number of halogens is 3. The van der Waals surface area contributed by atoms with Gasteiger partial charge in [0, 0.05) is 12.6 Å². The quantitative estimate of drug-likeness (QED) is 0.258. The molecule has 1 saturated carbocycles. The Kier molecular flexibility index (Phi) is 10.9. The summed E-state index contributed by atoms with van der Waals surface area (Å²) in [6.07, 6.45) is 5.22. The monoisotopic (exact) mass is 633 g/mol. The van der Waals surface area contributed by atoms with Crippen molar-refractivity contribution in [3.8, 4) is 0 Å². The fourth-order valence-corrected chi connectivity index (χ4v) is 6.91. The smallest absolute Gasteiger partial charge is 0.264 e. The van der Waals surface area contributed by atoms with Crippen molar-refractivity contribution in [3.63, 3.8) is 0 Å². The van der Waals surface area contributed by atoms with E-state index >= 15 is 0 Å². The average Bonchev–Trinajstić information content (AvgIpc) is 2.99. The van der Waals surface area contributed by atoms with E-state index in [1.54, 1.807) is 43.3 Å². The molecule has 1 N–H and O–H groups in total. The molecule has 0 heterocycles. The van der Waals surface area contributed by atoms with Crippen LogP contribution in [-0.4, -0.2) is 43.8 Å². The Morgan fingerprint density at radius 1 is 0.952 bits per heavy atom. The fraction of sp³-hybridized carbons (Fsp3) is 0.355. The maximum atomic E-state index is 14.1. The number of benzene rings is 3. The van der Waals surface area contributed by atoms with Crippen LogP contribution in [-0.2, 0) is 26.2 Å². The Labute approximate surface area is 256 Å². The number of amides is 2. The van der Waals surface area contributed by atoms with Crippen LogP contribution in [0.25, 0.3) is 0 Å². The molecule has 3 aromatic rings. The Balaban J connectivity index is 1.70. The molecule has 0 aliphatic heterocycles. The second kappa shape index (κ2) is 14.4. The van der Waals surface area contributed by atoms with Crippen LogP contribution in [0.15, 0.2) is 77.7 Å². The van der Waals surface area contributed by atoms with E-state index < -0.39 is 34.3 Å². The molecule has 1 aliphatic carbocycles. The summed E-state index contributed by atoms with van der Waals surface area (Å²) in [6.45, 7) is 1.19. The zero-order valence-electron chi connectivity index (χ0n) is 23.3. The largest absolute Gasteiger partial charge is 0.352 e.